The fourth-order valence-electron chi connectivity index (χ4n) is 1.28. The average Bonchev–Trinajstić information content (AvgIpc) is 1.98. The zero-order valence-electron chi connectivity index (χ0n) is 6.65. The SMILES string of the molecule is CC1=C(C)C(C)C=[C]1[SnH3]. The maximum absolute atomic E-state index is 2.42. The molecule has 0 aliphatic heterocycles. The van der Waals surface area contributed by atoms with Crippen molar-refractivity contribution in [2.24, 2.45) is 5.92 Å². The standard InChI is InChI=1S/C8H11.Sn.3H/c1-6-4-5-7(2)8(6)3;;;;/h4,6H,1-3H3;;;;. The molecule has 0 aromatic heterocycles. The monoisotopic (exact) mass is 230 g/mol. The Kier molecular flexibility index (Phi) is 2.04. The number of hydrogen-bond donors (Lipinski definition) is 0. The van der Waals surface area contributed by atoms with Crippen LogP contribution in [0.4, 0.5) is 0 Å². The van der Waals surface area contributed by atoms with Gasteiger partial charge in [-0.05, 0) is 0 Å². The molecule has 0 saturated heterocycles. The minimum atomic E-state index is 0.722. The van der Waals surface area contributed by atoms with Gasteiger partial charge < -0.3 is 0 Å². The molecule has 0 heterocycles. The molecule has 1 unspecified atom stereocenters. The summed E-state index contributed by atoms with van der Waals surface area (Å²) in [5.74, 6) is 0.738. The summed E-state index contributed by atoms with van der Waals surface area (Å²) in [4.78, 5) is 0. The molecule has 1 aliphatic carbocycles. The van der Waals surface area contributed by atoms with Gasteiger partial charge in [0.15, 0.2) is 0 Å². The van der Waals surface area contributed by atoms with E-state index in [4.69, 9.17) is 0 Å². The molecule has 9 heavy (non-hydrogen) atoms. The van der Waals surface area contributed by atoms with Gasteiger partial charge in [0.1, 0.15) is 0 Å². The van der Waals surface area contributed by atoms with E-state index >= 15 is 0 Å². The Labute approximate surface area is 70.1 Å². The van der Waals surface area contributed by atoms with Crippen LogP contribution in [0.1, 0.15) is 20.8 Å². The van der Waals surface area contributed by atoms with Crippen LogP contribution in [0.5, 0.6) is 0 Å². The molecule has 0 nitrogen and oxygen atoms in total. The van der Waals surface area contributed by atoms with E-state index in [2.05, 4.69) is 26.8 Å². The van der Waals surface area contributed by atoms with E-state index in [-0.39, 0.29) is 0 Å². The maximum atomic E-state index is 2.42. The van der Waals surface area contributed by atoms with Crippen molar-refractivity contribution in [2.75, 3.05) is 0 Å². The van der Waals surface area contributed by atoms with Crippen molar-refractivity contribution in [1.29, 1.82) is 0 Å². The van der Waals surface area contributed by atoms with Crippen LogP contribution >= 0.6 is 0 Å². The molecule has 0 aromatic carbocycles. The van der Waals surface area contributed by atoms with E-state index in [1.807, 2.05) is 0 Å². The van der Waals surface area contributed by atoms with Gasteiger partial charge in [-0.2, -0.15) is 0 Å². The minimum absolute atomic E-state index is 0.722. The van der Waals surface area contributed by atoms with Gasteiger partial charge >= 0.3 is 70.0 Å². The molecule has 0 radical (unpaired) electrons. The number of hydrogen-bond acceptors (Lipinski definition) is 0. The van der Waals surface area contributed by atoms with Gasteiger partial charge in [-0.25, -0.2) is 0 Å². The van der Waals surface area contributed by atoms with Crippen molar-refractivity contribution < 1.29 is 0 Å². The predicted octanol–water partition coefficient (Wildman–Crippen LogP) is 1.22. The number of rotatable bonds is 0. The molecule has 0 amide bonds. The van der Waals surface area contributed by atoms with Crippen molar-refractivity contribution in [1.82, 2.24) is 0 Å². The van der Waals surface area contributed by atoms with Crippen molar-refractivity contribution >= 4 is 22.5 Å². The van der Waals surface area contributed by atoms with Crippen molar-refractivity contribution in [2.45, 2.75) is 20.8 Å². The molecule has 0 spiro atoms. The first-order valence-electron chi connectivity index (χ1n) is 3.49. The van der Waals surface area contributed by atoms with Gasteiger partial charge in [-0.1, -0.05) is 0 Å². The molecule has 0 N–H and O–H groups in total. The third-order valence-corrected chi connectivity index (χ3v) is 5.46. The van der Waals surface area contributed by atoms with Crippen LogP contribution in [-0.4, -0.2) is 22.5 Å². The average molecular weight is 229 g/mol. The van der Waals surface area contributed by atoms with Crippen LogP contribution in [0.2, 0.25) is 0 Å². The first-order chi connectivity index (χ1) is 4.13. The first-order valence-corrected chi connectivity index (χ1v) is 6.34. The van der Waals surface area contributed by atoms with E-state index in [0.29, 0.717) is 0 Å². The zero-order valence-corrected chi connectivity index (χ0v) is 12.4. The van der Waals surface area contributed by atoms with Crippen molar-refractivity contribution in [3.63, 3.8) is 0 Å². The summed E-state index contributed by atoms with van der Waals surface area (Å²) in [7, 11) is 0. The van der Waals surface area contributed by atoms with Gasteiger partial charge in [-0.15, -0.1) is 0 Å². The van der Waals surface area contributed by atoms with Crippen LogP contribution in [0.15, 0.2) is 20.8 Å². The Balaban J connectivity index is 2.97. The molecule has 1 atom stereocenters. The Bertz CT molecular complexity index is 187. The Morgan fingerprint density at radius 3 is 2.11 bits per heavy atom. The summed E-state index contributed by atoms with van der Waals surface area (Å²) < 4.78 is 1.67. The van der Waals surface area contributed by atoms with E-state index in [1.165, 1.54) is 0 Å². The number of allylic oxidation sites excluding steroid dienone is 4. The van der Waals surface area contributed by atoms with E-state index < -0.39 is 0 Å². The zero-order chi connectivity index (χ0) is 7.02. The quantitative estimate of drug-likeness (QED) is 0.548. The summed E-state index contributed by atoms with van der Waals surface area (Å²) in [5.41, 5.74) is 3.17. The summed E-state index contributed by atoms with van der Waals surface area (Å²) in [6.07, 6.45) is 2.42. The second kappa shape index (κ2) is 2.49. The fourth-order valence-corrected chi connectivity index (χ4v) is 3.83. The first kappa shape index (κ1) is 7.39. The van der Waals surface area contributed by atoms with E-state index in [1.54, 1.807) is 14.7 Å². The predicted molar refractivity (Wildman–Crippen MR) is 45.6 cm³/mol. The Morgan fingerprint density at radius 2 is 2.00 bits per heavy atom. The third-order valence-electron chi connectivity index (χ3n) is 2.37. The van der Waals surface area contributed by atoms with Crippen LogP contribution in [-0.2, 0) is 0 Å². The normalized spacial score (nSPS) is 27.4. The van der Waals surface area contributed by atoms with E-state index in [0.717, 1.165) is 28.4 Å². The van der Waals surface area contributed by atoms with Crippen LogP contribution in [0.25, 0.3) is 0 Å². The third kappa shape index (κ3) is 1.23. The van der Waals surface area contributed by atoms with E-state index in [9.17, 15) is 0 Å². The fraction of sp³-hybridized carbons (Fsp3) is 0.500. The van der Waals surface area contributed by atoms with Crippen molar-refractivity contribution in [3.8, 4) is 0 Å². The molecule has 0 aromatic rings. The van der Waals surface area contributed by atoms with Gasteiger partial charge in [-0.3, -0.25) is 0 Å². The second-order valence-corrected chi connectivity index (χ2v) is 6.02. The summed E-state index contributed by atoms with van der Waals surface area (Å²) >= 11 is 0.722. The molecular formula is C8H14Sn. The summed E-state index contributed by atoms with van der Waals surface area (Å²) in [5, 5.41) is 0. The van der Waals surface area contributed by atoms with Gasteiger partial charge in [0.25, 0.3) is 0 Å². The summed E-state index contributed by atoms with van der Waals surface area (Å²) in [6.45, 7) is 6.78. The molecule has 0 bridgehead atoms. The summed E-state index contributed by atoms with van der Waals surface area (Å²) in [6, 6.07) is 0. The van der Waals surface area contributed by atoms with Gasteiger partial charge in [0, 0.05) is 0 Å². The van der Waals surface area contributed by atoms with Gasteiger partial charge in [0.05, 0.1) is 0 Å². The van der Waals surface area contributed by atoms with Crippen LogP contribution in [0.3, 0.4) is 0 Å². The molecule has 1 heteroatoms. The molecular weight excluding hydrogens is 215 g/mol. The van der Waals surface area contributed by atoms with Crippen LogP contribution in [0, 0.1) is 5.92 Å². The molecule has 1 aliphatic rings. The second-order valence-electron chi connectivity index (χ2n) is 2.95. The molecule has 0 saturated carbocycles. The van der Waals surface area contributed by atoms with Gasteiger partial charge in [0.2, 0.25) is 0 Å². The van der Waals surface area contributed by atoms with Crippen LogP contribution < -0.4 is 0 Å². The molecule has 1 rings (SSSR count). The molecule has 0 fully saturated rings. The Morgan fingerprint density at radius 1 is 1.44 bits per heavy atom. The Hall–Kier alpha value is 0.279. The topological polar surface area (TPSA) is 0 Å². The van der Waals surface area contributed by atoms with Crippen molar-refractivity contribution in [3.05, 3.63) is 20.8 Å². The molecule has 50 valence electrons.